The predicted molar refractivity (Wildman–Crippen MR) is 52.8 cm³/mol. The van der Waals surface area contributed by atoms with Crippen LogP contribution in [0.4, 0.5) is 24.5 Å². The number of rotatable bonds is 1. The summed E-state index contributed by atoms with van der Waals surface area (Å²) in [5, 5.41) is 5.00. The lowest BCUT2D eigenvalue weighted by Crippen LogP contribution is -2.54. The first-order valence-corrected chi connectivity index (χ1v) is 4.70. The molecule has 0 saturated carbocycles. The van der Waals surface area contributed by atoms with Gasteiger partial charge in [0.05, 0.1) is 11.4 Å². The number of fused-ring (bicyclic) bond motifs is 1. The van der Waals surface area contributed by atoms with Gasteiger partial charge in [0.15, 0.2) is 0 Å². The lowest BCUT2D eigenvalue weighted by atomic mass is 10.1. The first-order chi connectivity index (χ1) is 6.98. The van der Waals surface area contributed by atoms with E-state index >= 15 is 0 Å². The summed E-state index contributed by atoms with van der Waals surface area (Å²) in [6.07, 6.45) is -4.38. The van der Waals surface area contributed by atoms with Gasteiger partial charge in [0, 0.05) is 0 Å². The van der Waals surface area contributed by atoms with Crippen molar-refractivity contribution in [1.29, 1.82) is 0 Å². The number of nitrogens with one attached hydrogen (secondary N) is 2. The third-order valence-corrected chi connectivity index (χ3v) is 2.64. The fourth-order valence-electron chi connectivity index (χ4n) is 1.71. The van der Waals surface area contributed by atoms with Crippen LogP contribution in [0.5, 0.6) is 0 Å². The highest BCUT2D eigenvalue weighted by molar-refractivity contribution is 5.76. The van der Waals surface area contributed by atoms with Gasteiger partial charge in [-0.1, -0.05) is 19.1 Å². The van der Waals surface area contributed by atoms with Gasteiger partial charge in [0.2, 0.25) is 5.66 Å². The topological polar surface area (TPSA) is 24.1 Å². The van der Waals surface area contributed by atoms with Crippen molar-refractivity contribution in [2.75, 3.05) is 10.6 Å². The van der Waals surface area contributed by atoms with Crippen molar-refractivity contribution in [3.05, 3.63) is 24.3 Å². The van der Waals surface area contributed by atoms with Crippen molar-refractivity contribution in [2.45, 2.75) is 25.2 Å². The minimum absolute atomic E-state index is 0.0643. The summed E-state index contributed by atoms with van der Waals surface area (Å²) in [4.78, 5) is 0. The van der Waals surface area contributed by atoms with Crippen molar-refractivity contribution in [2.24, 2.45) is 0 Å². The third kappa shape index (κ3) is 1.42. The number of hydrogen-bond donors (Lipinski definition) is 2. The van der Waals surface area contributed by atoms with Crippen molar-refractivity contribution in [3.63, 3.8) is 0 Å². The van der Waals surface area contributed by atoms with Crippen LogP contribution in [0, 0.1) is 0 Å². The molecule has 0 aromatic heterocycles. The van der Waals surface area contributed by atoms with E-state index in [1.165, 1.54) is 6.92 Å². The van der Waals surface area contributed by atoms with Gasteiger partial charge in [-0.05, 0) is 18.6 Å². The molecule has 0 saturated heterocycles. The highest BCUT2D eigenvalue weighted by atomic mass is 19.4. The SMILES string of the molecule is CCC1(C(F)(F)F)Nc2ccccc2N1. The zero-order chi connectivity index (χ0) is 11.1. The Hall–Kier alpha value is -1.39. The largest absolute Gasteiger partial charge is 0.430 e. The molecule has 0 bridgehead atoms. The Kier molecular flexibility index (Phi) is 2.06. The Balaban J connectivity index is 2.38. The van der Waals surface area contributed by atoms with Crippen LogP contribution in [0.15, 0.2) is 24.3 Å². The summed E-state index contributed by atoms with van der Waals surface area (Å²) in [6.45, 7) is 1.50. The molecule has 2 rings (SSSR count). The van der Waals surface area contributed by atoms with Crippen LogP contribution in [-0.2, 0) is 0 Å². The smallest absolute Gasteiger partial charge is 0.354 e. The van der Waals surface area contributed by atoms with Crippen LogP contribution in [-0.4, -0.2) is 11.8 Å². The molecule has 0 spiro atoms. The minimum Gasteiger partial charge on any atom is -0.354 e. The number of hydrogen-bond acceptors (Lipinski definition) is 2. The number of para-hydroxylation sites is 2. The number of anilines is 2. The molecular weight excluding hydrogens is 205 g/mol. The lowest BCUT2D eigenvalue weighted by Gasteiger charge is -2.31. The molecule has 0 radical (unpaired) electrons. The molecule has 1 aromatic rings. The molecule has 0 fully saturated rings. The van der Waals surface area contributed by atoms with E-state index in [1.54, 1.807) is 24.3 Å². The van der Waals surface area contributed by atoms with Gasteiger partial charge in [0.1, 0.15) is 0 Å². The van der Waals surface area contributed by atoms with E-state index in [-0.39, 0.29) is 6.42 Å². The predicted octanol–water partition coefficient (Wildman–Crippen LogP) is 3.19. The highest BCUT2D eigenvalue weighted by Crippen LogP contribution is 2.43. The maximum Gasteiger partial charge on any atom is 0.430 e. The summed E-state index contributed by atoms with van der Waals surface area (Å²) >= 11 is 0. The van der Waals surface area contributed by atoms with Crippen LogP contribution in [0.1, 0.15) is 13.3 Å². The van der Waals surface area contributed by atoms with Crippen LogP contribution < -0.4 is 10.6 Å². The minimum atomic E-state index is -4.32. The maximum atomic E-state index is 12.9. The molecule has 82 valence electrons. The van der Waals surface area contributed by atoms with E-state index in [9.17, 15) is 13.2 Å². The summed E-state index contributed by atoms with van der Waals surface area (Å²) < 4.78 is 38.6. The molecule has 1 aromatic carbocycles. The second-order valence-corrected chi connectivity index (χ2v) is 3.55. The van der Waals surface area contributed by atoms with Crippen LogP contribution in [0.25, 0.3) is 0 Å². The molecule has 0 amide bonds. The Bertz CT molecular complexity index is 348. The normalized spacial score (nSPS) is 17.9. The second kappa shape index (κ2) is 3.05. The molecule has 2 N–H and O–H groups in total. The van der Waals surface area contributed by atoms with Gasteiger partial charge in [0.25, 0.3) is 0 Å². The molecule has 0 unspecified atom stereocenters. The Morgan fingerprint density at radius 3 is 1.93 bits per heavy atom. The molecule has 0 aliphatic carbocycles. The van der Waals surface area contributed by atoms with Crippen LogP contribution in [0.2, 0.25) is 0 Å². The van der Waals surface area contributed by atoms with Gasteiger partial charge in [-0.15, -0.1) is 0 Å². The van der Waals surface area contributed by atoms with Gasteiger partial charge < -0.3 is 10.6 Å². The summed E-state index contributed by atoms with van der Waals surface area (Å²) in [5.41, 5.74) is -1.02. The molecule has 0 atom stereocenters. The van der Waals surface area contributed by atoms with E-state index < -0.39 is 11.8 Å². The van der Waals surface area contributed by atoms with Gasteiger partial charge in [-0.2, -0.15) is 13.2 Å². The summed E-state index contributed by atoms with van der Waals surface area (Å²) in [7, 11) is 0. The van der Waals surface area contributed by atoms with E-state index in [4.69, 9.17) is 0 Å². The molecule has 5 heteroatoms. The Morgan fingerprint density at radius 1 is 1.13 bits per heavy atom. The molecule has 1 aliphatic heterocycles. The third-order valence-electron chi connectivity index (χ3n) is 2.64. The molecule has 15 heavy (non-hydrogen) atoms. The van der Waals surface area contributed by atoms with Crippen molar-refractivity contribution < 1.29 is 13.2 Å². The lowest BCUT2D eigenvalue weighted by molar-refractivity contribution is -0.170. The summed E-state index contributed by atoms with van der Waals surface area (Å²) in [6, 6.07) is 6.67. The van der Waals surface area contributed by atoms with Crippen molar-refractivity contribution >= 4 is 11.4 Å². The zero-order valence-corrected chi connectivity index (χ0v) is 8.15. The first-order valence-electron chi connectivity index (χ1n) is 4.70. The quantitative estimate of drug-likeness (QED) is 0.753. The average Bonchev–Trinajstić information content (AvgIpc) is 2.56. The fourth-order valence-corrected chi connectivity index (χ4v) is 1.71. The Labute approximate surface area is 85.5 Å². The fraction of sp³-hybridized carbons (Fsp3) is 0.400. The van der Waals surface area contributed by atoms with E-state index in [2.05, 4.69) is 10.6 Å². The Morgan fingerprint density at radius 2 is 1.60 bits per heavy atom. The number of alkyl halides is 3. The van der Waals surface area contributed by atoms with Crippen molar-refractivity contribution in [3.8, 4) is 0 Å². The van der Waals surface area contributed by atoms with Crippen LogP contribution in [0.3, 0.4) is 0 Å². The van der Waals surface area contributed by atoms with E-state index in [0.29, 0.717) is 11.4 Å². The second-order valence-electron chi connectivity index (χ2n) is 3.55. The average molecular weight is 216 g/mol. The summed E-state index contributed by atoms with van der Waals surface area (Å²) in [5.74, 6) is 0. The number of benzene rings is 1. The van der Waals surface area contributed by atoms with Gasteiger partial charge in [-0.3, -0.25) is 0 Å². The highest BCUT2D eigenvalue weighted by Gasteiger charge is 2.56. The van der Waals surface area contributed by atoms with Crippen molar-refractivity contribution in [1.82, 2.24) is 0 Å². The van der Waals surface area contributed by atoms with Gasteiger partial charge in [-0.25, -0.2) is 0 Å². The number of halogens is 3. The van der Waals surface area contributed by atoms with E-state index in [1.807, 2.05) is 0 Å². The molecule has 1 aliphatic rings. The molecule has 2 nitrogen and oxygen atoms in total. The monoisotopic (exact) mass is 216 g/mol. The molecule has 1 heterocycles. The molecular formula is C10H11F3N2. The standard InChI is InChI=1S/C10H11F3N2/c1-2-9(10(11,12)13)14-7-5-3-4-6-8(7)15-9/h3-6,14-15H,2H2,1H3. The first kappa shape index (κ1) is 10.1. The maximum absolute atomic E-state index is 12.9. The zero-order valence-electron chi connectivity index (χ0n) is 8.15. The van der Waals surface area contributed by atoms with Gasteiger partial charge >= 0.3 is 6.18 Å². The van der Waals surface area contributed by atoms with E-state index in [0.717, 1.165) is 0 Å². The van der Waals surface area contributed by atoms with Crippen LogP contribution >= 0.6 is 0 Å².